The summed E-state index contributed by atoms with van der Waals surface area (Å²) in [5.41, 5.74) is 0.312. The third-order valence-corrected chi connectivity index (χ3v) is 5.42. The third-order valence-electron chi connectivity index (χ3n) is 4.50. The smallest absolute Gasteiger partial charge is 0.321 e. The molecule has 30 heavy (non-hydrogen) atoms. The highest BCUT2D eigenvalue weighted by atomic mass is 32.2. The van der Waals surface area contributed by atoms with Gasteiger partial charge in [-0.1, -0.05) is 18.2 Å². The minimum Gasteiger partial charge on any atom is -0.321 e. The summed E-state index contributed by atoms with van der Waals surface area (Å²) in [6, 6.07) is 10.0. The van der Waals surface area contributed by atoms with Crippen molar-refractivity contribution in [2.45, 2.75) is 36.1 Å². The largest absolute Gasteiger partial charge is 0.416 e. The summed E-state index contributed by atoms with van der Waals surface area (Å²) in [7, 11) is 0. The van der Waals surface area contributed by atoms with Crippen molar-refractivity contribution in [1.29, 1.82) is 0 Å². The van der Waals surface area contributed by atoms with Crippen LogP contribution in [0.5, 0.6) is 0 Å². The quantitative estimate of drug-likeness (QED) is 0.306. The molecule has 0 fully saturated rings. The van der Waals surface area contributed by atoms with E-state index in [1.54, 1.807) is 0 Å². The third kappa shape index (κ3) is 3.45. The van der Waals surface area contributed by atoms with Gasteiger partial charge in [0.25, 0.3) is 5.69 Å². The molecular formula is C19H14F3N5O2S. The van der Waals surface area contributed by atoms with Crippen LogP contribution in [0.1, 0.15) is 25.5 Å². The Morgan fingerprint density at radius 3 is 2.53 bits per heavy atom. The van der Waals surface area contributed by atoms with Crippen molar-refractivity contribution in [2.24, 2.45) is 0 Å². The molecule has 7 nitrogen and oxygen atoms in total. The molecule has 11 heteroatoms. The lowest BCUT2D eigenvalue weighted by atomic mass is 10.2. The van der Waals surface area contributed by atoms with E-state index in [-0.39, 0.29) is 16.1 Å². The Bertz CT molecular complexity index is 1290. The molecule has 0 saturated carbocycles. The number of rotatable bonds is 4. The topological polar surface area (TPSA) is 86.7 Å². The van der Waals surface area contributed by atoms with Crippen molar-refractivity contribution in [3.63, 3.8) is 0 Å². The van der Waals surface area contributed by atoms with Crippen LogP contribution in [-0.2, 0) is 6.18 Å². The maximum atomic E-state index is 12.9. The molecule has 4 rings (SSSR count). The van der Waals surface area contributed by atoms with Crippen molar-refractivity contribution < 1.29 is 18.1 Å². The fourth-order valence-corrected chi connectivity index (χ4v) is 4.02. The zero-order valence-electron chi connectivity index (χ0n) is 15.7. The van der Waals surface area contributed by atoms with Crippen LogP contribution in [0.2, 0.25) is 0 Å². The normalized spacial score (nSPS) is 12.2. The molecule has 0 aliphatic rings. The van der Waals surface area contributed by atoms with Crippen LogP contribution in [-0.4, -0.2) is 24.7 Å². The number of halogens is 3. The SMILES string of the molecule is CC(C)n1c2ccccc2c2nnc(Sc3ccc(C(F)(F)F)cc3[N+](=O)[O-])nc21. The molecule has 0 spiro atoms. The Kier molecular flexibility index (Phi) is 4.85. The fourth-order valence-electron chi connectivity index (χ4n) is 3.23. The summed E-state index contributed by atoms with van der Waals surface area (Å²) < 4.78 is 40.7. The van der Waals surface area contributed by atoms with Gasteiger partial charge in [0.05, 0.1) is 20.9 Å². The number of nitrogens with zero attached hydrogens (tertiary/aromatic N) is 5. The van der Waals surface area contributed by atoms with E-state index >= 15 is 0 Å². The van der Waals surface area contributed by atoms with Gasteiger partial charge in [-0.05, 0) is 43.8 Å². The van der Waals surface area contributed by atoms with Gasteiger partial charge in [-0.25, -0.2) is 4.98 Å². The minimum absolute atomic E-state index is 0.00126. The molecule has 0 unspecified atom stereocenters. The van der Waals surface area contributed by atoms with E-state index < -0.39 is 22.4 Å². The van der Waals surface area contributed by atoms with E-state index in [9.17, 15) is 23.3 Å². The zero-order valence-corrected chi connectivity index (χ0v) is 16.5. The Labute approximate surface area is 172 Å². The highest BCUT2D eigenvalue weighted by Gasteiger charge is 2.33. The number of para-hydroxylation sites is 1. The molecule has 0 atom stereocenters. The molecule has 154 valence electrons. The number of hydrogen-bond donors (Lipinski definition) is 0. The van der Waals surface area contributed by atoms with Gasteiger partial charge in [0.2, 0.25) is 5.16 Å². The van der Waals surface area contributed by atoms with Gasteiger partial charge in [-0.15, -0.1) is 10.2 Å². The monoisotopic (exact) mass is 433 g/mol. The first-order valence-corrected chi connectivity index (χ1v) is 9.65. The summed E-state index contributed by atoms with van der Waals surface area (Å²) in [6.45, 7) is 3.98. The van der Waals surface area contributed by atoms with Gasteiger partial charge in [-0.2, -0.15) is 13.2 Å². The van der Waals surface area contributed by atoms with E-state index in [1.807, 2.05) is 42.7 Å². The van der Waals surface area contributed by atoms with Crippen LogP contribution in [0.25, 0.3) is 22.1 Å². The molecule has 0 bridgehead atoms. The Balaban J connectivity index is 1.83. The Morgan fingerprint density at radius 1 is 1.13 bits per heavy atom. The second-order valence-corrected chi connectivity index (χ2v) is 7.80. The maximum Gasteiger partial charge on any atom is 0.416 e. The van der Waals surface area contributed by atoms with Gasteiger partial charge in [0.1, 0.15) is 5.52 Å². The van der Waals surface area contributed by atoms with E-state index in [2.05, 4.69) is 15.2 Å². The van der Waals surface area contributed by atoms with Crippen LogP contribution in [0.15, 0.2) is 52.5 Å². The van der Waals surface area contributed by atoms with Crippen molar-refractivity contribution >= 4 is 39.5 Å². The van der Waals surface area contributed by atoms with Crippen molar-refractivity contribution in [2.75, 3.05) is 0 Å². The van der Waals surface area contributed by atoms with Crippen LogP contribution < -0.4 is 0 Å². The standard InChI is InChI=1S/C19H14F3N5O2S/c1-10(2)26-13-6-4-3-5-12(13)16-17(26)23-18(25-24-16)30-15-8-7-11(19(20,21)22)9-14(15)27(28)29/h3-10H,1-2H3. The van der Waals surface area contributed by atoms with Crippen LogP contribution in [0, 0.1) is 10.1 Å². The predicted molar refractivity (Wildman–Crippen MR) is 105 cm³/mol. The lowest BCUT2D eigenvalue weighted by molar-refractivity contribution is -0.388. The number of hydrogen-bond acceptors (Lipinski definition) is 6. The lowest BCUT2D eigenvalue weighted by Gasteiger charge is -2.10. The van der Waals surface area contributed by atoms with Gasteiger partial charge >= 0.3 is 6.18 Å². The summed E-state index contributed by atoms with van der Waals surface area (Å²) in [6.07, 6.45) is -4.68. The van der Waals surface area contributed by atoms with Crippen LogP contribution >= 0.6 is 11.8 Å². The van der Waals surface area contributed by atoms with E-state index in [4.69, 9.17) is 0 Å². The second kappa shape index (κ2) is 7.24. The molecule has 0 radical (unpaired) electrons. The maximum absolute atomic E-state index is 12.9. The van der Waals surface area contributed by atoms with Crippen LogP contribution in [0.4, 0.5) is 18.9 Å². The first-order valence-electron chi connectivity index (χ1n) is 8.83. The molecule has 2 aromatic heterocycles. The number of alkyl halides is 3. The lowest BCUT2D eigenvalue weighted by Crippen LogP contribution is -2.06. The van der Waals surface area contributed by atoms with E-state index in [1.165, 1.54) is 0 Å². The molecule has 0 aliphatic heterocycles. The number of aromatic nitrogens is 4. The van der Waals surface area contributed by atoms with Crippen LogP contribution in [0.3, 0.4) is 0 Å². The van der Waals surface area contributed by atoms with Gasteiger partial charge in [0.15, 0.2) is 5.65 Å². The summed E-state index contributed by atoms with van der Waals surface area (Å²) in [5.74, 6) is 0. The molecule has 0 amide bonds. The average Bonchev–Trinajstić information content (AvgIpc) is 3.01. The first-order chi connectivity index (χ1) is 14.2. The Hall–Kier alpha value is -3.21. The molecule has 0 saturated heterocycles. The highest BCUT2D eigenvalue weighted by Crippen LogP contribution is 2.39. The summed E-state index contributed by atoms with van der Waals surface area (Å²) >= 11 is 0.800. The fraction of sp³-hybridized carbons (Fsp3) is 0.211. The molecule has 2 aromatic carbocycles. The first kappa shape index (κ1) is 20.1. The molecule has 0 aliphatic carbocycles. The summed E-state index contributed by atoms with van der Waals surface area (Å²) in [5, 5.41) is 20.6. The number of benzene rings is 2. The number of nitro groups is 1. The van der Waals surface area contributed by atoms with Crippen molar-refractivity contribution in [1.82, 2.24) is 19.7 Å². The number of nitro benzene ring substituents is 1. The van der Waals surface area contributed by atoms with Gasteiger partial charge in [-0.3, -0.25) is 10.1 Å². The minimum atomic E-state index is -4.68. The zero-order chi connectivity index (χ0) is 21.6. The highest BCUT2D eigenvalue weighted by molar-refractivity contribution is 7.99. The van der Waals surface area contributed by atoms with E-state index in [0.717, 1.165) is 34.8 Å². The molecule has 0 N–H and O–H groups in total. The molecule has 2 heterocycles. The van der Waals surface area contributed by atoms with Crippen molar-refractivity contribution in [3.8, 4) is 0 Å². The van der Waals surface area contributed by atoms with Gasteiger partial charge in [0, 0.05) is 17.5 Å². The Morgan fingerprint density at radius 2 is 1.87 bits per heavy atom. The van der Waals surface area contributed by atoms with Crippen molar-refractivity contribution in [3.05, 3.63) is 58.1 Å². The predicted octanol–water partition coefficient (Wildman–Crippen LogP) is 5.64. The molecule has 4 aromatic rings. The van der Waals surface area contributed by atoms with Gasteiger partial charge < -0.3 is 4.57 Å². The summed E-state index contributed by atoms with van der Waals surface area (Å²) in [4.78, 5) is 15.0. The number of fused-ring (bicyclic) bond motifs is 3. The molecular weight excluding hydrogens is 419 g/mol. The second-order valence-electron chi connectivity index (χ2n) is 6.79. The van der Waals surface area contributed by atoms with E-state index in [0.29, 0.717) is 17.2 Å². The average molecular weight is 433 g/mol.